The van der Waals surface area contributed by atoms with Gasteiger partial charge in [-0.1, -0.05) is 13.3 Å². The van der Waals surface area contributed by atoms with Crippen molar-refractivity contribution >= 4 is 51.4 Å². The van der Waals surface area contributed by atoms with Crippen LogP contribution in [-0.2, 0) is 19.1 Å². The number of hydrogen-bond donors (Lipinski definition) is 1. The minimum atomic E-state index is -3.87. The predicted octanol–water partition coefficient (Wildman–Crippen LogP) is 3.23. The number of anilines is 1. The van der Waals surface area contributed by atoms with Gasteiger partial charge in [0.2, 0.25) is 10.0 Å². The Labute approximate surface area is 132 Å². The average Bonchev–Trinajstić information content (AvgIpc) is 2.29. The van der Waals surface area contributed by atoms with Gasteiger partial charge in [0.1, 0.15) is 0 Å². The van der Waals surface area contributed by atoms with Gasteiger partial charge in [-0.15, -0.1) is 0 Å². The van der Waals surface area contributed by atoms with Crippen LogP contribution in [0.3, 0.4) is 0 Å². The molecule has 114 valence electrons. The summed E-state index contributed by atoms with van der Waals surface area (Å²) in [7, 11) is -2.01. The normalized spacial score (nSPS) is 12.4. The molecule has 0 saturated heterocycles. The topological polar surface area (TPSA) is 80.3 Å². The molecule has 0 radical (unpaired) electrons. The van der Waals surface area contributed by atoms with Gasteiger partial charge in [0.15, 0.2) is 0 Å². The Morgan fingerprint density at radius 2 is 1.85 bits per heavy atom. The molecule has 5 nitrogen and oxygen atoms in total. The Morgan fingerprint density at radius 3 is 2.35 bits per heavy atom. The minimum absolute atomic E-state index is 0.0184. The van der Waals surface area contributed by atoms with Gasteiger partial charge in [-0.05, 0) is 47.0 Å². The SMILES string of the molecule is CCCCS(=O)(=O)Nc1cc(C)c(S(=O)(=O)Cl)cc1Br. The molecule has 0 fully saturated rings. The second-order valence-electron chi connectivity index (χ2n) is 4.31. The van der Waals surface area contributed by atoms with Crippen molar-refractivity contribution < 1.29 is 16.8 Å². The summed E-state index contributed by atoms with van der Waals surface area (Å²) in [5.74, 6) is 0.0184. The number of unbranched alkanes of at least 4 members (excludes halogenated alkanes) is 1. The summed E-state index contributed by atoms with van der Waals surface area (Å²) in [6.07, 6.45) is 1.32. The lowest BCUT2D eigenvalue weighted by Gasteiger charge is -2.12. The van der Waals surface area contributed by atoms with Crippen molar-refractivity contribution in [1.82, 2.24) is 0 Å². The minimum Gasteiger partial charge on any atom is -0.282 e. The number of rotatable bonds is 6. The lowest BCUT2D eigenvalue weighted by atomic mass is 10.2. The number of benzene rings is 1. The third kappa shape index (κ3) is 4.91. The van der Waals surface area contributed by atoms with Crippen LogP contribution in [0.25, 0.3) is 0 Å². The molecule has 0 bridgehead atoms. The standard InChI is InChI=1S/C11H15BrClNO4S2/c1-3-4-5-19(15,16)14-10-6-8(2)11(7-9(10)12)20(13,17)18/h6-7,14H,3-5H2,1-2H3. The summed E-state index contributed by atoms with van der Waals surface area (Å²) in [5, 5.41) is 0. The third-order valence-electron chi connectivity index (χ3n) is 2.56. The molecule has 0 spiro atoms. The van der Waals surface area contributed by atoms with Crippen LogP contribution in [0.15, 0.2) is 21.5 Å². The zero-order valence-corrected chi connectivity index (χ0v) is 15.0. The number of hydrogen-bond acceptors (Lipinski definition) is 4. The Balaban J connectivity index is 3.14. The van der Waals surface area contributed by atoms with Crippen molar-refractivity contribution in [1.29, 1.82) is 0 Å². The maximum absolute atomic E-state index is 11.8. The van der Waals surface area contributed by atoms with Crippen LogP contribution in [0, 0.1) is 6.92 Å². The van der Waals surface area contributed by atoms with Crippen molar-refractivity contribution in [2.24, 2.45) is 0 Å². The summed E-state index contributed by atoms with van der Waals surface area (Å²) < 4.78 is 49.1. The summed E-state index contributed by atoms with van der Waals surface area (Å²) in [6, 6.07) is 2.72. The fraction of sp³-hybridized carbons (Fsp3) is 0.455. The van der Waals surface area contributed by atoms with E-state index >= 15 is 0 Å². The summed E-state index contributed by atoms with van der Waals surface area (Å²) in [5.41, 5.74) is 0.666. The predicted molar refractivity (Wildman–Crippen MR) is 84.2 cm³/mol. The molecule has 0 aliphatic carbocycles. The molecule has 9 heteroatoms. The molecular formula is C11H15BrClNO4S2. The molecule has 0 aromatic heterocycles. The van der Waals surface area contributed by atoms with Gasteiger partial charge in [0.05, 0.1) is 16.3 Å². The van der Waals surface area contributed by atoms with Crippen molar-refractivity contribution in [3.05, 3.63) is 22.2 Å². The Hall–Kier alpha value is -0.310. The maximum Gasteiger partial charge on any atom is 0.261 e. The van der Waals surface area contributed by atoms with E-state index in [1.807, 2.05) is 6.92 Å². The summed E-state index contributed by atoms with van der Waals surface area (Å²) >= 11 is 3.14. The molecule has 1 aromatic carbocycles. The van der Waals surface area contributed by atoms with Crippen LogP contribution >= 0.6 is 26.6 Å². The van der Waals surface area contributed by atoms with Crippen molar-refractivity contribution in [2.45, 2.75) is 31.6 Å². The lowest BCUT2D eigenvalue weighted by molar-refractivity contribution is 0.597. The van der Waals surface area contributed by atoms with Crippen molar-refractivity contribution in [2.75, 3.05) is 10.5 Å². The second-order valence-corrected chi connectivity index (χ2v) is 9.54. The van der Waals surface area contributed by atoms with Gasteiger partial charge in [0.25, 0.3) is 9.05 Å². The van der Waals surface area contributed by atoms with Crippen molar-refractivity contribution in [3.63, 3.8) is 0 Å². The molecule has 0 aliphatic rings. The van der Waals surface area contributed by atoms with E-state index in [4.69, 9.17) is 10.7 Å². The third-order valence-corrected chi connectivity index (χ3v) is 6.04. The van der Waals surface area contributed by atoms with E-state index in [0.29, 0.717) is 22.1 Å². The van der Waals surface area contributed by atoms with E-state index in [0.717, 1.165) is 6.42 Å². The largest absolute Gasteiger partial charge is 0.282 e. The van der Waals surface area contributed by atoms with E-state index in [9.17, 15) is 16.8 Å². The first-order valence-electron chi connectivity index (χ1n) is 5.82. The Morgan fingerprint density at radius 1 is 1.25 bits per heavy atom. The average molecular weight is 405 g/mol. The second kappa shape index (κ2) is 6.64. The first kappa shape index (κ1) is 17.7. The Bertz CT molecular complexity index is 701. The number of aryl methyl sites for hydroxylation is 1. The molecule has 1 N–H and O–H groups in total. The highest BCUT2D eigenvalue weighted by Gasteiger charge is 2.18. The fourth-order valence-electron chi connectivity index (χ4n) is 1.56. The Kier molecular flexibility index (Phi) is 5.89. The van der Waals surface area contributed by atoms with Gasteiger partial charge < -0.3 is 0 Å². The van der Waals surface area contributed by atoms with Gasteiger partial charge in [-0.2, -0.15) is 0 Å². The zero-order chi connectivity index (χ0) is 15.6. The monoisotopic (exact) mass is 403 g/mol. The van der Waals surface area contributed by atoms with E-state index in [1.54, 1.807) is 6.92 Å². The van der Waals surface area contributed by atoms with Crippen LogP contribution in [0.2, 0.25) is 0 Å². The molecule has 0 atom stereocenters. The maximum atomic E-state index is 11.8. The van der Waals surface area contributed by atoms with Gasteiger partial charge in [-0.3, -0.25) is 4.72 Å². The fourth-order valence-corrected chi connectivity index (χ4v) is 4.76. The molecule has 0 heterocycles. The number of nitrogens with one attached hydrogen (secondary N) is 1. The van der Waals surface area contributed by atoms with Crippen LogP contribution in [-0.4, -0.2) is 22.6 Å². The van der Waals surface area contributed by atoms with Crippen LogP contribution in [0.1, 0.15) is 25.3 Å². The molecule has 0 unspecified atom stereocenters. The molecule has 1 rings (SSSR count). The smallest absolute Gasteiger partial charge is 0.261 e. The van der Waals surface area contributed by atoms with Gasteiger partial charge >= 0.3 is 0 Å². The van der Waals surface area contributed by atoms with Crippen LogP contribution in [0.5, 0.6) is 0 Å². The number of sulfonamides is 1. The molecule has 0 aliphatic heterocycles. The molecule has 1 aromatic rings. The van der Waals surface area contributed by atoms with Crippen LogP contribution < -0.4 is 4.72 Å². The highest BCUT2D eigenvalue weighted by Crippen LogP contribution is 2.31. The highest BCUT2D eigenvalue weighted by atomic mass is 79.9. The first-order chi connectivity index (χ1) is 9.07. The molecule has 20 heavy (non-hydrogen) atoms. The molecule has 0 amide bonds. The van der Waals surface area contributed by atoms with E-state index in [1.165, 1.54) is 12.1 Å². The van der Waals surface area contributed by atoms with E-state index < -0.39 is 19.1 Å². The summed E-state index contributed by atoms with van der Waals surface area (Å²) in [6.45, 7) is 3.45. The van der Waals surface area contributed by atoms with Gasteiger partial charge in [-0.25, -0.2) is 16.8 Å². The number of halogens is 2. The van der Waals surface area contributed by atoms with Gasteiger partial charge in [0, 0.05) is 15.2 Å². The first-order valence-corrected chi connectivity index (χ1v) is 10.6. The highest BCUT2D eigenvalue weighted by molar-refractivity contribution is 9.10. The van der Waals surface area contributed by atoms with E-state index in [2.05, 4.69) is 20.7 Å². The lowest BCUT2D eigenvalue weighted by Crippen LogP contribution is -2.17. The van der Waals surface area contributed by atoms with E-state index in [-0.39, 0.29) is 10.6 Å². The van der Waals surface area contributed by atoms with Crippen LogP contribution in [0.4, 0.5) is 5.69 Å². The molecule has 0 saturated carbocycles. The van der Waals surface area contributed by atoms with Crippen molar-refractivity contribution in [3.8, 4) is 0 Å². The summed E-state index contributed by atoms with van der Waals surface area (Å²) in [4.78, 5) is -0.0532. The zero-order valence-electron chi connectivity index (χ0n) is 11.0. The quantitative estimate of drug-likeness (QED) is 0.738. The molecular weight excluding hydrogens is 390 g/mol.